The quantitative estimate of drug-likeness (QED) is 0.231. The summed E-state index contributed by atoms with van der Waals surface area (Å²) < 4.78 is 48.8. The van der Waals surface area contributed by atoms with Crippen molar-refractivity contribution in [3.8, 4) is 5.75 Å². The van der Waals surface area contributed by atoms with Crippen molar-refractivity contribution < 1.29 is 22.6 Å². The summed E-state index contributed by atoms with van der Waals surface area (Å²) >= 11 is 0. The standard InChI is InChI=1S/C22H27F3N4O2Si/c1-32(2,3)10-7-14-5-4-6-17(20(14)23)29-21-15-11-16(26)19(12-18(15)27-13-28-21)30-8-9-31-22(24)25/h4-6,11-13,22H,7-10,26H2,1-3H3,(H,27,28,29). The molecule has 1 aromatic heterocycles. The van der Waals surface area contributed by atoms with Gasteiger partial charge in [-0.15, -0.1) is 0 Å². The van der Waals surface area contributed by atoms with Gasteiger partial charge in [0.2, 0.25) is 0 Å². The topological polar surface area (TPSA) is 82.3 Å². The van der Waals surface area contributed by atoms with Gasteiger partial charge in [0.25, 0.3) is 0 Å². The van der Waals surface area contributed by atoms with E-state index in [1.54, 1.807) is 24.3 Å². The lowest BCUT2D eigenvalue weighted by Gasteiger charge is -2.17. The number of nitrogens with zero attached hydrogens (tertiary/aromatic N) is 2. The van der Waals surface area contributed by atoms with Crippen LogP contribution >= 0.6 is 0 Å². The second kappa shape index (κ2) is 10.2. The fourth-order valence-electron chi connectivity index (χ4n) is 3.12. The van der Waals surface area contributed by atoms with Crippen LogP contribution in [0.2, 0.25) is 25.7 Å². The molecular weight excluding hydrogens is 437 g/mol. The lowest BCUT2D eigenvalue weighted by molar-refractivity contribution is -0.133. The minimum Gasteiger partial charge on any atom is -0.489 e. The van der Waals surface area contributed by atoms with Crippen molar-refractivity contribution in [2.45, 2.75) is 38.7 Å². The summed E-state index contributed by atoms with van der Waals surface area (Å²) in [6.07, 6.45) is 2.03. The van der Waals surface area contributed by atoms with Gasteiger partial charge < -0.3 is 20.5 Å². The van der Waals surface area contributed by atoms with Crippen molar-refractivity contribution in [2.75, 3.05) is 24.3 Å². The summed E-state index contributed by atoms with van der Waals surface area (Å²) in [7, 11) is -1.30. The van der Waals surface area contributed by atoms with Gasteiger partial charge in [-0.1, -0.05) is 37.8 Å². The molecule has 0 saturated heterocycles. The Bertz CT molecular complexity index is 1080. The summed E-state index contributed by atoms with van der Waals surface area (Å²) in [5.74, 6) is 0.388. The van der Waals surface area contributed by atoms with Crippen molar-refractivity contribution in [1.82, 2.24) is 9.97 Å². The smallest absolute Gasteiger partial charge is 0.345 e. The van der Waals surface area contributed by atoms with Crippen LogP contribution in [0.1, 0.15) is 5.56 Å². The van der Waals surface area contributed by atoms with Crippen LogP contribution in [0.25, 0.3) is 10.9 Å². The number of anilines is 3. The normalized spacial score (nSPS) is 11.8. The fraction of sp³-hybridized carbons (Fsp3) is 0.364. The number of nitrogens with one attached hydrogen (secondary N) is 1. The van der Waals surface area contributed by atoms with Gasteiger partial charge in [-0.25, -0.2) is 14.4 Å². The van der Waals surface area contributed by atoms with E-state index in [0.717, 1.165) is 6.04 Å². The summed E-state index contributed by atoms with van der Waals surface area (Å²) in [6.45, 7) is 3.55. The Labute approximate surface area is 186 Å². The maximum Gasteiger partial charge on any atom is 0.345 e. The number of rotatable bonds is 10. The number of aryl methyl sites for hydroxylation is 1. The van der Waals surface area contributed by atoms with Gasteiger partial charge >= 0.3 is 6.61 Å². The summed E-state index contributed by atoms with van der Waals surface area (Å²) in [4.78, 5) is 8.45. The Balaban J connectivity index is 1.82. The van der Waals surface area contributed by atoms with E-state index in [4.69, 9.17) is 10.5 Å². The molecular formula is C22H27F3N4O2Si. The van der Waals surface area contributed by atoms with Gasteiger partial charge in [0, 0.05) is 19.5 Å². The molecule has 2 aromatic carbocycles. The molecule has 0 fully saturated rings. The number of nitrogens with two attached hydrogens (primary N) is 1. The Kier molecular flexibility index (Phi) is 7.57. The van der Waals surface area contributed by atoms with Crippen LogP contribution in [-0.2, 0) is 11.2 Å². The molecule has 172 valence electrons. The molecule has 0 saturated carbocycles. The summed E-state index contributed by atoms with van der Waals surface area (Å²) in [6, 6.07) is 9.46. The van der Waals surface area contributed by atoms with Crippen LogP contribution in [0.4, 0.5) is 30.4 Å². The summed E-state index contributed by atoms with van der Waals surface area (Å²) in [5.41, 5.74) is 7.83. The first-order valence-corrected chi connectivity index (χ1v) is 14.0. The second-order valence-electron chi connectivity index (χ2n) is 8.57. The zero-order chi connectivity index (χ0) is 23.3. The molecule has 0 aliphatic heterocycles. The van der Waals surface area contributed by atoms with E-state index in [1.807, 2.05) is 6.07 Å². The van der Waals surface area contributed by atoms with E-state index >= 15 is 4.39 Å². The first-order chi connectivity index (χ1) is 15.1. The number of benzene rings is 2. The van der Waals surface area contributed by atoms with Crippen molar-refractivity contribution in [3.63, 3.8) is 0 Å². The molecule has 0 atom stereocenters. The first-order valence-electron chi connectivity index (χ1n) is 10.3. The number of aromatic nitrogens is 2. The molecule has 0 amide bonds. The number of hydrogen-bond acceptors (Lipinski definition) is 6. The number of halogens is 3. The molecule has 3 aromatic rings. The highest BCUT2D eigenvalue weighted by molar-refractivity contribution is 6.76. The van der Waals surface area contributed by atoms with Gasteiger partial charge in [-0.3, -0.25) is 0 Å². The van der Waals surface area contributed by atoms with Crippen LogP contribution in [0.3, 0.4) is 0 Å². The van der Waals surface area contributed by atoms with E-state index in [2.05, 4.69) is 39.7 Å². The number of fused-ring (bicyclic) bond motifs is 1. The third-order valence-corrected chi connectivity index (χ3v) is 6.58. The van der Waals surface area contributed by atoms with E-state index in [1.165, 1.54) is 6.33 Å². The van der Waals surface area contributed by atoms with Crippen LogP contribution < -0.4 is 15.8 Å². The molecule has 3 N–H and O–H groups in total. The number of alkyl halides is 2. The Morgan fingerprint density at radius 2 is 1.91 bits per heavy atom. The maximum atomic E-state index is 15.1. The van der Waals surface area contributed by atoms with E-state index < -0.39 is 14.7 Å². The maximum absolute atomic E-state index is 15.1. The van der Waals surface area contributed by atoms with Crippen molar-refractivity contribution in [2.24, 2.45) is 0 Å². The molecule has 0 bridgehead atoms. The monoisotopic (exact) mass is 464 g/mol. The molecule has 10 heteroatoms. The largest absolute Gasteiger partial charge is 0.489 e. The Morgan fingerprint density at radius 3 is 2.62 bits per heavy atom. The summed E-state index contributed by atoms with van der Waals surface area (Å²) in [5, 5.41) is 3.63. The molecule has 0 aliphatic carbocycles. The average molecular weight is 465 g/mol. The fourth-order valence-corrected chi connectivity index (χ4v) is 4.14. The first kappa shape index (κ1) is 23.8. The Morgan fingerprint density at radius 1 is 1.12 bits per heavy atom. The van der Waals surface area contributed by atoms with Crippen molar-refractivity contribution in [3.05, 3.63) is 48.0 Å². The highest BCUT2D eigenvalue weighted by Crippen LogP contribution is 2.32. The zero-order valence-corrected chi connectivity index (χ0v) is 19.3. The van der Waals surface area contributed by atoms with Crippen LogP contribution in [-0.4, -0.2) is 37.9 Å². The molecule has 0 aliphatic rings. The number of hydrogen-bond donors (Lipinski definition) is 2. The van der Waals surface area contributed by atoms with E-state index in [-0.39, 0.29) is 24.7 Å². The predicted octanol–water partition coefficient (Wildman–Crippen LogP) is 5.59. The van der Waals surface area contributed by atoms with Crippen LogP contribution in [0.5, 0.6) is 5.75 Å². The minimum atomic E-state index is -2.86. The van der Waals surface area contributed by atoms with Crippen LogP contribution in [0, 0.1) is 5.82 Å². The highest BCUT2D eigenvalue weighted by Gasteiger charge is 2.17. The van der Waals surface area contributed by atoms with Crippen molar-refractivity contribution in [1.29, 1.82) is 0 Å². The predicted molar refractivity (Wildman–Crippen MR) is 123 cm³/mol. The lowest BCUT2D eigenvalue weighted by Crippen LogP contribution is -2.20. The molecule has 0 unspecified atom stereocenters. The number of nitrogen functional groups attached to an aromatic ring is 1. The van der Waals surface area contributed by atoms with Gasteiger partial charge in [-0.2, -0.15) is 8.78 Å². The lowest BCUT2D eigenvalue weighted by atomic mass is 10.1. The second-order valence-corrected chi connectivity index (χ2v) is 14.2. The number of ether oxygens (including phenoxy) is 2. The molecule has 1 heterocycles. The van der Waals surface area contributed by atoms with Gasteiger partial charge in [-0.05, 0) is 24.1 Å². The third kappa shape index (κ3) is 6.33. The Hall–Kier alpha value is -2.85. The van der Waals surface area contributed by atoms with Gasteiger partial charge in [0.1, 0.15) is 30.3 Å². The SMILES string of the molecule is C[Si](C)(C)CCc1cccc(Nc2ncnc3cc(OCCOC(F)F)c(N)cc23)c1F. The zero-order valence-electron chi connectivity index (χ0n) is 18.3. The molecule has 0 radical (unpaired) electrons. The van der Waals surface area contributed by atoms with Crippen LogP contribution in [0.15, 0.2) is 36.7 Å². The minimum absolute atomic E-state index is 0.0916. The molecule has 0 spiro atoms. The highest BCUT2D eigenvalue weighted by atomic mass is 28.3. The molecule has 32 heavy (non-hydrogen) atoms. The molecule has 3 rings (SSSR count). The molecule has 6 nitrogen and oxygen atoms in total. The van der Waals surface area contributed by atoms with Gasteiger partial charge in [0.15, 0.2) is 0 Å². The third-order valence-electron chi connectivity index (χ3n) is 4.83. The average Bonchev–Trinajstić information content (AvgIpc) is 2.71. The van der Waals surface area contributed by atoms with Gasteiger partial charge in [0.05, 0.1) is 23.5 Å². The van der Waals surface area contributed by atoms with E-state index in [9.17, 15) is 8.78 Å². The van der Waals surface area contributed by atoms with Crippen molar-refractivity contribution >= 4 is 36.2 Å². The van der Waals surface area contributed by atoms with E-state index in [0.29, 0.717) is 40.1 Å².